The smallest absolute Gasteiger partial charge is 0.227 e. The van der Waals surface area contributed by atoms with E-state index in [1.54, 1.807) is 6.07 Å². The number of amides is 1. The van der Waals surface area contributed by atoms with Crippen LogP contribution in [-0.4, -0.2) is 54.4 Å². The number of carbonyl (C=O) groups excluding carboxylic acids is 1. The molecule has 3 aromatic rings. The summed E-state index contributed by atoms with van der Waals surface area (Å²) in [5.74, 6) is 0.958. The van der Waals surface area contributed by atoms with E-state index in [-0.39, 0.29) is 29.5 Å². The van der Waals surface area contributed by atoms with Crippen molar-refractivity contribution in [2.45, 2.75) is 52.4 Å². The second-order valence-electron chi connectivity index (χ2n) is 10.6. The Kier molecular flexibility index (Phi) is 7.93. The van der Waals surface area contributed by atoms with Crippen LogP contribution in [0, 0.1) is 12.7 Å². The van der Waals surface area contributed by atoms with E-state index in [4.69, 9.17) is 0 Å². The van der Waals surface area contributed by atoms with Crippen LogP contribution < -0.4 is 9.80 Å². The van der Waals surface area contributed by atoms with Crippen LogP contribution >= 0.6 is 23.9 Å². The van der Waals surface area contributed by atoms with E-state index in [0.717, 1.165) is 73.7 Å². The number of aryl methyl sites for hydroxylation is 1. The molecule has 0 aliphatic carbocycles. The van der Waals surface area contributed by atoms with Crippen LogP contribution in [0.3, 0.4) is 0 Å². The van der Waals surface area contributed by atoms with E-state index in [2.05, 4.69) is 54.0 Å². The van der Waals surface area contributed by atoms with Gasteiger partial charge in [0.2, 0.25) is 5.91 Å². The maximum atomic E-state index is 13.8. The molecule has 3 heterocycles. The van der Waals surface area contributed by atoms with Crippen molar-refractivity contribution in [1.29, 1.82) is 0 Å². The highest BCUT2D eigenvalue weighted by atomic mass is 35.5. The molecule has 194 valence electrons. The summed E-state index contributed by atoms with van der Waals surface area (Å²) in [6.45, 7) is 14.2. The summed E-state index contributed by atoms with van der Waals surface area (Å²) in [7, 11) is 0. The molecule has 5 nitrogen and oxygen atoms in total. The van der Waals surface area contributed by atoms with Crippen LogP contribution in [-0.2, 0) is 16.6 Å². The molecule has 1 fully saturated rings. The molecule has 1 saturated heterocycles. The molecule has 2 aliphatic rings. The van der Waals surface area contributed by atoms with Gasteiger partial charge in [-0.05, 0) is 66.2 Å². The summed E-state index contributed by atoms with van der Waals surface area (Å²) >= 11 is 1.44. The van der Waals surface area contributed by atoms with Crippen molar-refractivity contribution in [3.63, 3.8) is 0 Å². The lowest BCUT2D eigenvalue weighted by atomic mass is 9.75. The number of aromatic nitrogens is 1. The van der Waals surface area contributed by atoms with Crippen molar-refractivity contribution in [3.05, 3.63) is 52.8 Å². The first kappa shape index (κ1) is 26.8. The van der Waals surface area contributed by atoms with Crippen molar-refractivity contribution in [1.82, 2.24) is 9.27 Å². The maximum absolute atomic E-state index is 13.8. The van der Waals surface area contributed by atoms with Crippen LogP contribution in [0.4, 0.5) is 15.9 Å². The van der Waals surface area contributed by atoms with Gasteiger partial charge >= 0.3 is 0 Å². The summed E-state index contributed by atoms with van der Waals surface area (Å²) in [5, 5.41) is 0.922. The molecule has 8 heteroatoms. The zero-order chi connectivity index (χ0) is 24.7. The summed E-state index contributed by atoms with van der Waals surface area (Å²) in [5.41, 5.74) is 4.87. The Morgan fingerprint density at radius 2 is 1.83 bits per heavy atom. The second kappa shape index (κ2) is 10.6. The van der Waals surface area contributed by atoms with Crippen molar-refractivity contribution in [2.24, 2.45) is 0 Å². The predicted octanol–water partition coefficient (Wildman–Crippen LogP) is 5.95. The Labute approximate surface area is 223 Å². The highest BCUT2D eigenvalue weighted by molar-refractivity contribution is 7.13. The van der Waals surface area contributed by atoms with Crippen LogP contribution in [0.2, 0.25) is 0 Å². The zero-order valence-electron chi connectivity index (χ0n) is 21.6. The van der Waals surface area contributed by atoms with Gasteiger partial charge in [0.25, 0.3) is 0 Å². The molecule has 5 rings (SSSR count). The molecule has 1 aromatic heterocycles. The number of rotatable bonds is 6. The topological polar surface area (TPSA) is 39.7 Å². The lowest BCUT2D eigenvalue weighted by Gasteiger charge is -2.40. The third-order valence-electron chi connectivity index (χ3n) is 7.50. The maximum Gasteiger partial charge on any atom is 0.227 e. The van der Waals surface area contributed by atoms with Crippen LogP contribution in [0.15, 0.2) is 30.3 Å². The molecule has 0 saturated carbocycles. The summed E-state index contributed by atoms with van der Waals surface area (Å²) in [4.78, 5) is 19.6. The zero-order valence-corrected chi connectivity index (χ0v) is 23.3. The molecule has 0 bridgehead atoms. The predicted molar refractivity (Wildman–Crippen MR) is 151 cm³/mol. The number of anilines is 2. The van der Waals surface area contributed by atoms with E-state index in [1.807, 2.05) is 11.0 Å². The highest BCUT2D eigenvalue weighted by Gasteiger charge is 2.37. The lowest BCUT2D eigenvalue weighted by molar-refractivity contribution is -0.120. The first-order valence-electron chi connectivity index (χ1n) is 12.7. The van der Waals surface area contributed by atoms with E-state index >= 15 is 0 Å². The first-order valence-corrected chi connectivity index (χ1v) is 13.5. The van der Waals surface area contributed by atoms with Gasteiger partial charge in [-0.1, -0.05) is 32.9 Å². The molecule has 0 N–H and O–H groups in total. The molecule has 1 amide bonds. The Bertz CT molecular complexity index is 1250. The number of piperazine rings is 1. The Hall–Kier alpha value is -2.22. The van der Waals surface area contributed by atoms with Crippen molar-refractivity contribution >= 4 is 51.4 Å². The van der Waals surface area contributed by atoms with Crippen molar-refractivity contribution in [2.75, 3.05) is 49.1 Å². The Morgan fingerprint density at radius 1 is 1.08 bits per heavy atom. The Balaban J connectivity index is 0.00000304. The summed E-state index contributed by atoms with van der Waals surface area (Å²) in [6, 6.07) is 9.56. The second-order valence-corrected chi connectivity index (χ2v) is 11.4. The average molecular weight is 531 g/mol. The van der Waals surface area contributed by atoms with E-state index in [0.29, 0.717) is 6.42 Å². The van der Waals surface area contributed by atoms with Gasteiger partial charge in [0, 0.05) is 56.5 Å². The molecular formula is C28H36ClFN4OS. The fraction of sp³-hybridized carbons (Fsp3) is 0.500. The largest absolute Gasteiger partial charge is 0.353 e. The molecule has 2 aliphatic heterocycles. The molecule has 2 aromatic carbocycles. The lowest BCUT2D eigenvalue weighted by Crippen LogP contribution is -2.47. The minimum absolute atomic E-state index is 0. The molecule has 36 heavy (non-hydrogen) atoms. The van der Waals surface area contributed by atoms with Crippen molar-refractivity contribution < 1.29 is 9.18 Å². The van der Waals surface area contributed by atoms with Gasteiger partial charge in [-0.15, -0.1) is 12.4 Å². The van der Waals surface area contributed by atoms with Gasteiger partial charge < -0.3 is 9.80 Å². The standard InChI is InChI=1S/C28H35FN4OS.ClH/c1-5-9-33-25(34)18-28(3,4)23-16-20(15-19(2)26(23)33)8-10-31-11-13-32(14-12-31)27-22-17-21(29)6-7-24(22)35-30-27;/h6-7,15-17H,5,8-14,18H2,1-4H3;1H. The number of carbonyl (C=O) groups is 1. The van der Waals surface area contributed by atoms with E-state index < -0.39 is 0 Å². The van der Waals surface area contributed by atoms with Crippen LogP contribution in [0.25, 0.3) is 10.1 Å². The van der Waals surface area contributed by atoms with Crippen LogP contribution in [0.1, 0.15) is 50.3 Å². The number of benzene rings is 2. The first-order chi connectivity index (χ1) is 16.8. The fourth-order valence-corrected chi connectivity index (χ4v) is 6.40. The average Bonchev–Trinajstić information content (AvgIpc) is 3.23. The quantitative estimate of drug-likeness (QED) is 0.394. The normalized spacial score (nSPS) is 17.9. The van der Waals surface area contributed by atoms with Gasteiger partial charge in [-0.25, -0.2) is 4.39 Å². The van der Waals surface area contributed by atoms with E-state index in [9.17, 15) is 9.18 Å². The molecule has 0 atom stereocenters. The third-order valence-corrected chi connectivity index (χ3v) is 8.32. The summed E-state index contributed by atoms with van der Waals surface area (Å²) in [6.07, 6.45) is 2.53. The number of hydrogen-bond donors (Lipinski definition) is 0. The van der Waals surface area contributed by atoms with Crippen LogP contribution in [0.5, 0.6) is 0 Å². The fourth-order valence-electron chi connectivity index (χ4n) is 5.62. The molecule has 0 radical (unpaired) electrons. The molecule has 0 spiro atoms. The monoisotopic (exact) mass is 530 g/mol. The van der Waals surface area contributed by atoms with Gasteiger partial charge in [0.15, 0.2) is 0 Å². The summed E-state index contributed by atoms with van der Waals surface area (Å²) < 4.78 is 19.4. The third kappa shape index (κ3) is 5.11. The molecule has 0 unspecified atom stereocenters. The minimum Gasteiger partial charge on any atom is -0.353 e. The minimum atomic E-state index is -0.205. The van der Waals surface area contributed by atoms with Gasteiger partial charge in [-0.2, -0.15) is 4.37 Å². The number of halogens is 2. The number of fused-ring (bicyclic) bond motifs is 2. The van der Waals surface area contributed by atoms with Gasteiger partial charge in [-0.3, -0.25) is 9.69 Å². The number of nitrogens with zero attached hydrogens (tertiary/aromatic N) is 4. The van der Waals surface area contributed by atoms with Gasteiger partial charge in [0.05, 0.1) is 10.4 Å². The highest BCUT2D eigenvalue weighted by Crippen LogP contribution is 2.43. The van der Waals surface area contributed by atoms with Crippen molar-refractivity contribution in [3.8, 4) is 0 Å². The Morgan fingerprint density at radius 3 is 2.56 bits per heavy atom. The van der Waals surface area contributed by atoms with Gasteiger partial charge in [0.1, 0.15) is 11.6 Å². The number of hydrogen-bond acceptors (Lipinski definition) is 5. The van der Waals surface area contributed by atoms with E-state index in [1.165, 1.54) is 34.3 Å². The molecular weight excluding hydrogens is 495 g/mol. The SMILES string of the molecule is CCCN1C(=O)CC(C)(C)c2cc(CCN3CCN(c4nsc5ccc(F)cc45)CC3)cc(C)c21.Cl.